The van der Waals surface area contributed by atoms with Crippen LogP contribution >= 0.6 is 0 Å². The van der Waals surface area contributed by atoms with Gasteiger partial charge in [-0.1, -0.05) is 12.1 Å². The molecule has 3 rings (SSSR count). The van der Waals surface area contributed by atoms with Gasteiger partial charge in [-0.25, -0.2) is 0 Å². The molecule has 0 spiro atoms. The maximum absolute atomic E-state index is 12.4. The van der Waals surface area contributed by atoms with Crippen LogP contribution in [0.3, 0.4) is 0 Å². The number of hydrogen-bond acceptors (Lipinski definition) is 4. The van der Waals surface area contributed by atoms with E-state index in [-0.39, 0.29) is 17.4 Å². The van der Waals surface area contributed by atoms with Gasteiger partial charge in [0.05, 0.1) is 30.6 Å². The molecule has 0 bridgehead atoms. The van der Waals surface area contributed by atoms with E-state index in [9.17, 15) is 9.59 Å². The smallest absolute Gasteiger partial charge is 0.224 e. The minimum atomic E-state index is -0.133. The second-order valence-corrected chi connectivity index (χ2v) is 5.70. The van der Waals surface area contributed by atoms with Crippen molar-refractivity contribution in [1.29, 1.82) is 0 Å². The Labute approximate surface area is 139 Å². The Kier molecular flexibility index (Phi) is 4.46. The molecule has 24 heavy (non-hydrogen) atoms. The number of amides is 1. The van der Waals surface area contributed by atoms with Crippen molar-refractivity contribution in [3.05, 3.63) is 64.8 Å². The minimum absolute atomic E-state index is 0.0107. The number of nitrogens with zero attached hydrogens (tertiary/aromatic N) is 3. The number of furan rings is 1. The first-order valence-corrected chi connectivity index (χ1v) is 7.82. The van der Waals surface area contributed by atoms with Crippen molar-refractivity contribution in [2.24, 2.45) is 0 Å². The number of carbonyl (C=O) groups excluding carboxylic acids is 1. The van der Waals surface area contributed by atoms with Gasteiger partial charge in [0, 0.05) is 18.9 Å². The van der Waals surface area contributed by atoms with E-state index in [0.717, 1.165) is 11.3 Å². The highest BCUT2D eigenvalue weighted by molar-refractivity contribution is 5.79. The summed E-state index contributed by atoms with van der Waals surface area (Å²) in [5, 5.41) is 4.76. The maximum atomic E-state index is 12.4. The Morgan fingerprint density at radius 3 is 2.83 bits per heavy atom. The summed E-state index contributed by atoms with van der Waals surface area (Å²) in [6.45, 7) is 2.33. The number of benzene rings is 1. The van der Waals surface area contributed by atoms with Crippen LogP contribution in [0.4, 0.5) is 0 Å². The summed E-state index contributed by atoms with van der Waals surface area (Å²) in [6.07, 6.45) is 3.18. The summed E-state index contributed by atoms with van der Waals surface area (Å²) in [4.78, 5) is 25.9. The summed E-state index contributed by atoms with van der Waals surface area (Å²) in [5.41, 5.74) is 0.622. The van der Waals surface area contributed by atoms with Gasteiger partial charge in [0.25, 0.3) is 0 Å². The van der Waals surface area contributed by atoms with Crippen molar-refractivity contribution in [2.75, 3.05) is 7.05 Å². The van der Waals surface area contributed by atoms with E-state index in [1.807, 2.05) is 31.2 Å². The number of hydrogen-bond donors (Lipinski definition) is 0. The molecule has 1 unspecified atom stereocenters. The van der Waals surface area contributed by atoms with Gasteiger partial charge >= 0.3 is 0 Å². The largest absolute Gasteiger partial charge is 0.467 e. The summed E-state index contributed by atoms with van der Waals surface area (Å²) >= 11 is 0. The summed E-state index contributed by atoms with van der Waals surface area (Å²) in [7, 11) is 1.76. The van der Waals surface area contributed by atoms with Gasteiger partial charge in [-0.05, 0) is 31.2 Å². The lowest BCUT2D eigenvalue weighted by Crippen LogP contribution is -2.30. The van der Waals surface area contributed by atoms with Gasteiger partial charge in [-0.2, -0.15) is 5.10 Å². The standard InChI is InChI=1S/C18H19N3O3/c1-13(17-8-5-11-24-17)20(2)18(23)9-10-21-15-7-4-3-6-14(15)16(22)12-19-21/h3-8,11-13H,9-10H2,1-2H3. The molecule has 124 valence electrons. The average molecular weight is 325 g/mol. The molecular weight excluding hydrogens is 306 g/mol. The van der Waals surface area contributed by atoms with E-state index in [2.05, 4.69) is 5.10 Å². The minimum Gasteiger partial charge on any atom is -0.467 e. The lowest BCUT2D eigenvalue weighted by molar-refractivity contribution is -0.132. The SMILES string of the molecule is CC(c1ccco1)N(C)C(=O)CCn1ncc(=O)c2ccccc21. The summed E-state index contributed by atoms with van der Waals surface area (Å²) in [6, 6.07) is 10.8. The van der Waals surface area contributed by atoms with Crippen LogP contribution in [0.1, 0.15) is 25.1 Å². The molecule has 0 aliphatic heterocycles. The number of aromatic nitrogens is 2. The van der Waals surface area contributed by atoms with Crippen molar-refractivity contribution < 1.29 is 9.21 Å². The van der Waals surface area contributed by atoms with E-state index in [4.69, 9.17) is 4.42 Å². The first-order valence-electron chi connectivity index (χ1n) is 7.82. The fraction of sp³-hybridized carbons (Fsp3) is 0.278. The van der Waals surface area contributed by atoms with Crippen LogP contribution in [-0.2, 0) is 11.3 Å². The van der Waals surface area contributed by atoms with Crippen LogP contribution < -0.4 is 5.43 Å². The second kappa shape index (κ2) is 6.70. The molecule has 1 aromatic carbocycles. The third-order valence-electron chi connectivity index (χ3n) is 4.23. The molecule has 0 radical (unpaired) electrons. The molecule has 2 heterocycles. The molecule has 6 heteroatoms. The van der Waals surface area contributed by atoms with Gasteiger partial charge < -0.3 is 9.32 Å². The zero-order valence-corrected chi connectivity index (χ0v) is 13.7. The lowest BCUT2D eigenvalue weighted by atomic mass is 10.2. The van der Waals surface area contributed by atoms with Crippen LogP contribution in [0.25, 0.3) is 10.9 Å². The van der Waals surface area contributed by atoms with Crippen molar-refractivity contribution in [1.82, 2.24) is 14.7 Å². The molecule has 0 saturated carbocycles. The summed E-state index contributed by atoms with van der Waals surface area (Å²) in [5.74, 6) is 0.737. The molecule has 6 nitrogen and oxygen atoms in total. The average Bonchev–Trinajstić information content (AvgIpc) is 3.14. The van der Waals surface area contributed by atoms with Crippen LogP contribution in [0.15, 0.2) is 58.1 Å². The molecular formula is C18H19N3O3. The molecule has 1 amide bonds. The van der Waals surface area contributed by atoms with Gasteiger partial charge in [-0.3, -0.25) is 14.3 Å². The number of rotatable bonds is 5. The highest BCUT2D eigenvalue weighted by atomic mass is 16.3. The molecule has 0 N–H and O–H groups in total. The van der Waals surface area contributed by atoms with Crippen molar-refractivity contribution in [2.45, 2.75) is 25.9 Å². The van der Waals surface area contributed by atoms with E-state index in [0.29, 0.717) is 18.4 Å². The number of fused-ring (bicyclic) bond motifs is 1. The van der Waals surface area contributed by atoms with E-state index in [1.165, 1.54) is 6.20 Å². The highest BCUT2D eigenvalue weighted by Gasteiger charge is 2.19. The molecule has 1 atom stereocenters. The molecule has 0 fully saturated rings. The first kappa shape index (κ1) is 16.0. The van der Waals surface area contributed by atoms with E-state index < -0.39 is 0 Å². The Balaban J connectivity index is 1.73. The van der Waals surface area contributed by atoms with Crippen molar-refractivity contribution in [3.63, 3.8) is 0 Å². The van der Waals surface area contributed by atoms with Gasteiger partial charge in [0.15, 0.2) is 0 Å². The molecule has 0 saturated heterocycles. The Bertz CT molecular complexity index is 899. The fourth-order valence-corrected chi connectivity index (χ4v) is 2.65. The monoisotopic (exact) mass is 325 g/mol. The summed E-state index contributed by atoms with van der Waals surface area (Å²) < 4.78 is 7.05. The maximum Gasteiger partial charge on any atom is 0.224 e. The number of carbonyl (C=O) groups is 1. The topological polar surface area (TPSA) is 68.3 Å². The van der Waals surface area contributed by atoms with Gasteiger partial charge in [-0.15, -0.1) is 0 Å². The quantitative estimate of drug-likeness (QED) is 0.723. The third kappa shape index (κ3) is 3.08. The second-order valence-electron chi connectivity index (χ2n) is 5.70. The predicted molar refractivity (Wildman–Crippen MR) is 90.5 cm³/mol. The van der Waals surface area contributed by atoms with Crippen LogP contribution in [0.5, 0.6) is 0 Å². The lowest BCUT2D eigenvalue weighted by Gasteiger charge is -2.23. The van der Waals surface area contributed by atoms with Crippen molar-refractivity contribution >= 4 is 16.8 Å². The fourth-order valence-electron chi connectivity index (χ4n) is 2.65. The molecule has 0 aliphatic carbocycles. The highest BCUT2D eigenvalue weighted by Crippen LogP contribution is 2.19. The molecule has 0 aliphatic rings. The molecule has 3 aromatic rings. The Hall–Kier alpha value is -2.89. The van der Waals surface area contributed by atoms with E-state index >= 15 is 0 Å². The zero-order chi connectivity index (χ0) is 17.1. The first-order chi connectivity index (χ1) is 11.6. The predicted octanol–water partition coefficient (Wildman–Crippen LogP) is 2.60. The van der Waals surface area contributed by atoms with Crippen LogP contribution in [-0.4, -0.2) is 27.6 Å². The Morgan fingerprint density at radius 2 is 2.08 bits per heavy atom. The van der Waals surface area contributed by atoms with Crippen LogP contribution in [0.2, 0.25) is 0 Å². The van der Waals surface area contributed by atoms with Crippen LogP contribution in [0, 0.1) is 0 Å². The van der Waals surface area contributed by atoms with Gasteiger partial charge in [0.2, 0.25) is 11.3 Å². The van der Waals surface area contributed by atoms with Gasteiger partial charge in [0.1, 0.15) is 5.76 Å². The Morgan fingerprint density at radius 1 is 1.29 bits per heavy atom. The number of aryl methyl sites for hydroxylation is 1. The normalized spacial score (nSPS) is 12.2. The van der Waals surface area contributed by atoms with Crippen molar-refractivity contribution in [3.8, 4) is 0 Å². The van der Waals surface area contributed by atoms with E-state index in [1.54, 1.807) is 35.0 Å². The number of para-hydroxylation sites is 1. The zero-order valence-electron chi connectivity index (χ0n) is 13.7. The molecule has 2 aromatic heterocycles. The third-order valence-corrected chi connectivity index (χ3v) is 4.23.